The van der Waals surface area contributed by atoms with Crippen LogP contribution in [0.25, 0.3) is 0 Å². The zero-order valence-electron chi connectivity index (χ0n) is 7.77. The van der Waals surface area contributed by atoms with E-state index in [1.54, 1.807) is 17.0 Å². The fourth-order valence-electron chi connectivity index (χ4n) is 1.62. The van der Waals surface area contributed by atoms with Gasteiger partial charge in [0.1, 0.15) is 0 Å². The zero-order chi connectivity index (χ0) is 11.0. The lowest BCUT2D eigenvalue weighted by molar-refractivity contribution is -0.117. The van der Waals surface area contributed by atoms with E-state index >= 15 is 0 Å². The highest BCUT2D eigenvalue weighted by molar-refractivity contribution is 6.44. The van der Waals surface area contributed by atoms with Gasteiger partial charge in [-0.3, -0.25) is 4.79 Å². The molecule has 1 aliphatic rings. The molecule has 0 N–H and O–H groups in total. The van der Waals surface area contributed by atoms with Gasteiger partial charge in [-0.2, -0.15) is 0 Å². The maximum absolute atomic E-state index is 11.5. The Balaban J connectivity index is 2.43. The molecule has 1 fully saturated rings. The van der Waals surface area contributed by atoms with Crippen molar-refractivity contribution in [2.75, 3.05) is 11.4 Å². The Morgan fingerprint density at radius 1 is 1.07 bits per heavy atom. The van der Waals surface area contributed by atoms with Gasteiger partial charge in [-0.1, -0.05) is 34.8 Å². The number of nitrogens with zero attached hydrogens (tertiary/aromatic N) is 1. The van der Waals surface area contributed by atoms with Gasteiger partial charge in [-0.25, -0.2) is 0 Å². The van der Waals surface area contributed by atoms with Gasteiger partial charge in [-0.05, 0) is 18.6 Å². The zero-order valence-corrected chi connectivity index (χ0v) is 10.0. The van der Waals surface area contributed by atoms with Crippen LogP contribution in [0.5, 0.6) is 0 Å². The van der Waals surface area contributed by atoms with Gasteiger partial charge in [0.2, 0.25) is 5.91 Å². The number of carbonyl (C=O) groups excluding carboxylic acids is 1. The smallest absolute Gasteiger partial charge is 0.227 e. The van der Waals surface area contributed by atoms with Gasteiger partial charge in [0.05, 0.1) is 20.8 Å². The molecular formula is C10H8Cl3NO. The van der Waals surface area contributed by atoms with Crippen molar-refractivity contribution in [1.29, 1.82) is 0 Å². The number of carbonyl (C=O) groups is 1. The molecule has 0 aliphatic carbocycles. The van der Waals surface area contributed by atoms with E-state index in [9.17, 15) is 4.79 Å². The summed E-state index contributed by atoms with van der Waals surface area (Å²) >= 11 is 17.7. The van der Waals surface area contributed by atoms with Crippen LogP contribution in [-0.2, 0) is 4.79 Å². The van der Waals surface area contributed by atoms with E-state index in [0.717, 1.165) is 6.42 Å². The number of hydrogen-bond acceptors (Lipinski definition) is 1. The van der Waals surface area contributed by atoms with Crippen LogP contribution >= 0.6 is 34.8 Å². The van der Waals surface area contributed by atoms with Crippen LogP contribution in [0.4, 0.5) is 5.69 Å². The van der Waals surface area contributed by atoms with Gasteiger partial charge >= 0.3 is 0 Å². The Morgan fingerprint density at radius 3 is 2.33 bits per heavy atom. The maximum atomic E-state index is 11.5. The summed E-state index contributed by atoms with van der Waals surface area (Å²) in [6.07, 6.45) is 1.42. The monoisotopic (exact) mass is 263 g/mol. The molecule has 0 aromatic heterocycles. The predicted octanol–water partition coefficient (Wildman–Crippen LogP) is 3.77. The molecule has 1 aliphatic heterocycles. The predicted molar refractivity (Wildman–Crippen MR) is 63.1 cm³/mol. The van der Waals surface area contributed by atoms with E-state index < -0.39 is 0 Å². The Hall–Kier alpha value is -0.440. The van der Waals surface area contributed by atoms with Crippen molar-refractivity contribution in [3.8, 4) is 0 Å². The van der Waals surface area contributed by atoms with E-state index in [4.69, 9.17) is 34.8 Å². The third-order valence-corrected chi connectivity index (χ3v) is 3.38. The van der Waals surface area contributed by atoms with E-state index in [0.29, 0.717) is 33.7 Å². The normalized spacial score (nSPS) is 16.2. The first-order valence-corrected chi connectivity index (χ1v) is 5.68. The van der Waals surface area contributed by atoms with Gasteiger partial charge in [0.25, 0.3) is 0 Å². The molecule has 0 saturated carbocycles. The summed E-state index contributed by atoms with van der Waals surface area (Å²) in [4.78, 5) is 13.2. The van der Waals surface area contributed by atoms with Crippen molar-refractivity contribution in [3.63, 3.8) is 0 Å². The minimum atomic E-state index is 0.0790. The van der Waals surface area contributed by atoms with Gasteiger partial charge < -0.3 is 4.90 Å². The second-order valence-electron chi connectivity index (χ2n) is 3.37. The molecule has 1 heterocycles. The van der Waals surface area contributed by atoms with Crippen molar-refractivity contribution in [2.24, 2.45) is 0 Å². The van der Waals surface area contributed by atoms with Crippen LogP contribution in [0.1, 0.15) is 12.8 Å². The molecule has 1 amide bonds. The number of amides is 1. The minimum absolute atomic E-state index is 0.0790. The van der Waals surface area contributed by atoms with Crippen LogP contribution in [0.3, 0.4) is 0 Å². The molecular weight excluding hydrogens is 256 g/mol. The van der Waals surface area contributed by atoms with Gasteiger partial charge in [0, 0.05) is 13.0 Å². The van der Waals surface area contributed by atoms with Crippen LogP contribution in [-0.4, -0.2) is 12.5 Å². The van der Waals surface area contributed by atoms with E-state index in [1.165, 1.54) is 0 Å². The van der Waals surface area contributed by atoms with Crippen LogP contribution < -0.4 is 4.90 Å². The Morgan fingerprint density at radius 2 is 1.73 bits per heavy atom. The fourth-order valence-corrected chi connectivity index (χ4v) is 2.26. The van der Waals surface area contributed by atoms with Crippen molar-refractivity contribution < 1.29 is 4.79 Å². The summed E-state index contributed by atoms with van der Waals surface area (Å²) in [7, 11) is 0. The second kappa shape index (κ2) is 4.20. The molecule has 1 aromatic carbocycles. The third kappa shape index (κ3) is 2.07. The molecule has 0 unspecified atom stereocenters. The molecule has 0 atom stereocenters. The largest absolute Gasteiger partial charge is 0.311 e. The lowest BCUT2D eigenvalue weighted by Gasteiger charge is -2.17. The summed E-state index contributed by atoms with van der Waals surface area (Å²) in [5, 5.41) is 1.27. The number of benzene rings is 1. The standard InChI is InChI=1S/C10H8Cl3NO/c11-6-4-8(13)9(5-7(6)12)14-3-1-2-10(14)15/h4-5H,1-3H2. The topological polar surface area (TPSA) is 20.3 Å². The fraction of sp³-hybridized carbons (Fsp3) is 0.300. The highest BCUT2D eigenvalue weighted by atomic mass is 35.5. The molecule has 1 saturated heterocycles. The van der Waals surface area contributed by atoms with Crippen molar-refractivity contribution >= 4 is 46.4 Å². The Kier molecular flexibility index (Phi) is 3.10. The lowest BCUT2D eigenvalue weighted by atomic mass is 10.3. The number of rotatable bonds is 1. The van der Waals surface area contributed by atoms with E-state index in [2.05, 4.69) is 0 Å². The third-order valence-electron chi connectivity index (χ3n) is 2.35. The molecule has 2 nitrogen and oxygen atoms in total. The molecule has 15 heavy (non-hydrogen) atoms. The molecule has 2 rings (SSSR count). The molecule has 0 spiro atoms. The molecule has 1 aromatic rings. The molecule has 0 bridgehead atoms. The summed E-state index contributed by atoms with van der Waals surface area (Å²) in [6, 6.07) is 3.20. The van der Waals surface area contributed by atoms with Crippen molar-refractivity contribution in [3.05, 3.63) is 27.2 Å². The first-order valence-electron chi connectivity index (χ1n) is 4.54. The summed E-state index contributed by atoms with van der Waals surface area (Å²) < 4.78 is 0. The first kappa shape index (κ1) is 11.1. The van der Waals surface area contributed by atoms with Gasteiger partial charge in [-0.15, -0.1) is 0 Å². The quantitative estimate of drug-likeness (QED) is 0.707. The Bertz CT molecular complexity index is 419. The highest BCUT2D eigenvalue weighted by Gasteiger charge is 2.24. The van der Waals surface area contributed by atoms with Crippen molar-refractivity contribution in [2.45, 2.75) is 12.8 Å². The molecule has 0 radical (unpaired) electrons. The lowest BCUT2D eigenvalue weighted by Crippen LogP contribution is -2.23. The average Bonchev–Trinajstić information content (AvgIpc) is 2.58. The van der Waals surface area contributed by atoms with Crippen molar-refractivity contribution in [1.82, 2.24) is 0 Å². The highest BCUT2D eigenvalue weighted by Crippen LogP contribution is 2.36. The SMILES string of the molecule is O=C1CCCN1c1cc(Cl)c(Cl)cc1Cl. The number of anilines is 1. The van der Waals surface area contributed by atoms with Crippen LogP contribution in [0, 0.1) is 0 Å². The first-order chi connectivity index (χ1) is 7.09. The van der Waals surface area contributed by atoms with Gasteiger partial charge in [0.15, 0.2) is 0 Å². The van der Waals surface area contributed by atoms with Crippen LogP contribution in [0.2, 0.25) is 15.1 Å². The molecule has 5 heteroatoms. The second-order valence-corrected chi connectivity index (χ2v) is 4.59. The van der Waals surface area contributed by atoms with E-state index in [-0.39, 0.29) is 5.91 Å². The molecule has 80 valence electrons. The van der Waals surface area contributed by atoms with Crippen LogP contribution in [0.15, 0.2) is 12.1 Å². The average molecular weight is 265 g/mol. The summed E-state index contributed by atoms with van der Waals surface area (Å²) in [6.45, 7) is 0.691. The summed E-state index contributed by atoms with van der Waals surface area (Å²) in [5.41, 5.74) is 0.647. The van der Waals surface area contributed by atoms with E-state index in [1.807, 2.05) is 0 Å². The number of halogens is 3. The summed E-state index contributed by atoms with van der Waals surface area (Å²) in [5.74, 6) is 0.0790. The minimum Gasteiger partial charge on any atom is -0.311 e. The maximum Gasteiger partial charge on any atom is 0.227 e. The number of hydrogen-bond donors (Lipinski definition) is 0. The Labute approximate surface area is 103 Å².